The van der Waals surface area contributed by atoms with E-state index in [0.29, 0.717) is 30.0 Å². The second kappa shape index (κ2) is 7.71. The lowest BCUT2D eigenvalue weighted by Crippen LogP contribution is -2.34. The molecule has 2 N–H and O–H groups in total. The minimum Gasteiger partial charge on any atom is -0.496 e. The number of pyridine rings is 1. The number of carbonyl (C=O) groups is 1. The lowest BCUT2D eigenvalue weighted by molar-refractivity contribution is 0.0773. The highest BCUT2D eigenvalue weighted by molar-refractivity contribution is 5.97. The molecule has 0 bridgehead atoms. The molecule has 1 aliphatic heterocycles. The molecule has 156 valence electrons. The fourth-order valence-corrected chi connectivity index (χ4v) is 3.97. The predicted octanol–water partition coefficient (Wildman–Crippen LogP) is 4.03. The van der Waals surface area contributed by atoms with E-state index in [9.17, 15) is 9.18 Å². The van der Waals surface area contributed by atoms with E-state index in [-0.39, 0.29) is 11.7 Å². The van der Waals surface area contributed by atoms with Crippen LogP contribution in [-0.2, 0) is 0 Å². The lowest BCUT2D eigenvalue weighted by Gasteiger charge is -2.25. The molecule has 4 heterocycles. The van der Waals surface area contributed by atoms with Crippen molar-refractivity contribution in [1.29, 1.82) is 0 Å². The predicted molar refractivity (Wildman–Crippen MR) is 115 cm³/mol. The molecule has 7 nitrogen and oxygen atoms in total. The third-order valence-corrected chi connectivity index (χ3v) is 5.57. The Kier molecular flexibility index (Phi) is 4.74. The average Bonchev–Trinajstić information content (AvgIpc) is 3.48. The van der Waals surface area contributed by atoms with Gasteiger partial charge in [-0.15, -0.1) is 0 Å². The van der Waals surface area contributed by atoms with Crippen LogP contribution in [0.2, 0.25) is 0 Å². The number of aromatic amines is 2. The number of carbonyl (C=O) groups excluding carboxylic acids is 1. The van der Waals surface area contributed by atoms with E-state index in [0.717, 1.165) is 34.3 Å². The Morgan fingerprint density at radius 3 is 2.87 bits per heavy atom. The Morgan fingerprint density at radius 2 is 2.13 bits per heavy atom. The molecule has 1 aliphatic rings. The third-order valence-electron chi connectivity index (χ3n) is 5.57. The normalized spacial score (nSPS) is 14.0. The standard InChI is InChI=1S/C23H20FN5O2/c1-31-21-3-2-16(24)10-18(21)17-4-7-25-22-19(17)11-20(28-22)14-5-8-29(9-6-14)23(30)15-12-26-27-13-15/h2-5,7,10-13H,6,8-9H2,1H3,(H,25,28)(H,26,27). The SMILES string of the molecule is COc1ccc(F)cc1-c1ccnc2[nH]c(C3=CCN(C(=O)c4cn[nH]c4)CC3)cc12. The van der Waals surface area contributed by atoms with Gasteiger partial charge in [0.15, 0.2) is 0 Å². The van der Waals surface area contributed by atoms with E-state index in [1.807, 2.05) is 12.1 Å². The lowest BCUT2D eigenvalue weighted by atomic mass is 10.0. The smallest absolute Gasteiger partial charge is 0.257 e. The van der Waals surface area contributed by atoms with Crippen LogP contribution in [0, 0.1) is 5.82 Å². The van der Waals surface area contributed by atoms with E-state index >= 15 is 0 Å². The highest BCUT2D eigenvalue weighted by Gasteiger charge is 2.21. The maximum absolute atomic E-state index is 13.9. The zero-order chi connectivity index (χ0) is 21.4. The van der Waals surface area contributed by atoms with Gasteiger partial charge in [0.2, 0.25) is 0 Å². The largest absolute Gasteiger partial charge is 0.496 e. The molecular formula is C23H20FN5O2. The summed E-state index contributed by atoms with van der Waals surface area (Å²) in [6.45, 7) is 1.13. The Bertz CT molecular complexity index is 1290. The van der Waals surface area contributed by atoms with Gasteiger partial charge in [-0.05, 0) is 47.9 Å². The van der Waals surface area contributed by atoms with Crippen LogP contribution < -0.4 is 4.74 Å². The fourth-order valence-electron chi connectivity index (χ4n) is 3.97. The van der Waals surface area contributed by atoms with Crippen molar-refractivity contribution in [3.05, 3.63) is 72.1 Å². The number of halogens is 1. The fraction of sp³-hybridized carbons (Fsp3) is 0.174. The van der Waals surface area contributed by atoms with Crippen molar-refractivity contribution in [2.75, 3.05) is 20.2 Å². The molecule has 0 fully saturated rings. The van der Waals surface area contributed by atoms with Crippen LogP contribution in [0.3, 0.4) is 0 Å². The summed E-state index contributed by atoms with van der Waals surface area (Å²) in [6.07, 6.45) is 7.60. The highest BCUT2D eigenvalue weighted by atomic mass is 19.1. The summed E-state index contributed by atoms with van der Waals surface area (Å²) in [4.78, 5) is 22.1. The van der Waals surface area contributed by atoms with Gasteiger partial charge < -0.3 is 14.6 Å². The molecule has 3 aromatic heterocycles. The van der Waals surface area contributed by atoms with Gasteiger partial charge >= 0.3 is 0 Å². The molecule has 8 heteroatoms. The summed E-state index contributed by atoms with van der Waals surface area (Å²) in [6, 6.07) is 8.37. The van der Waals surface area contributed by atoms with Crippen molar-refractivity contribution >= 4 is 22.5 Å². The molecule has 0 radical (unpaired) electrons. The number of amides is 1. The Morgan fingerprint density at radius 1 is 1.23 bits per heavy atom. The van der Waals surface area contributed by atoms with Gasteiger partial charge in [0.1, 0.15) is 17.2 Å². The minimum atomic E-state index is -0.325. The summed E-state index contributed by atoms with van der Waals surface area (Å²) >= 11 is 0. The van der Waals surface area contributed by atoms with Gasteiger partial charge in [0, 0.05) is 42.1 Å². The van der Waals surface area contributed by atoms with Gasteiger partial charge in [-0.25, -0.2) is 9.37 Å². The maximum Gasteiger partial charge on any atom is 0.257 e. The van der Waals surface area contributed by atoms with Crippen LogP contribution in [0.4, 0.5) is 4.39 Å². The van der Waals surface area contributed by atoms with Gasteiger partial charge in [-0.2, -0.15) is 5.10 Å². The van der Waals surface area contributed by atoms with Gasteiger partial charge in [0.25, 0.3) is 5.91 Å². The van der Waals surface area contributed by atoms with Gasteiger partial charge in [-0.1, -0.05) is 6.08 Å². The van der Waals surface area contributed by atoms with Crippen molar-refractivity contribution in [3.8, 4) is 16.9 Å². The van der Waals surface area contributed by atoms with Crippen molar-refractivity contribution in [2.45, 2.75) is 6.42 Å². The first-order valence-corrected chi connectivity index (χ1v) is 9.93. The topological polar surface area (TPSA) is 86.9 Å². The molecule has 1 amide bonds. The average molecular weight is 417 g/mol. The van der Waals surface area contributed by atoms with Crippen LogP contribution in [-0.4, -0.2) is 51.2 Å². The number of hydrogen-bond donors (Lipinski definition) is 2. The minimum absolute atomic E-state index is 0.0390. The van der Waals surface area contributed by atoms with Gasteiger partial charge in [0.05, 0.1) is 18.9 Å². The number of aromatic nitrogens is 4. The number of fused-ring (bicyclic) bond motifs is 1. The molecule has 0 saturated heterocycles. The van der Waals surface area contributed by atoms with Crippen LogP contribution in [0.25, 0.3) is 27.7 Å². The molecule has 0 saturated carbocycles. The number of hydrogen-bond acceptors (Lipinski definition) is 4. The molecule has 5 rings (SSSR count). The zero-order valence-electron chi connectivity index (χ0n) is 16.9. The van der Waals surface area contributed by atoms with Crippen molar-refractivity contribution < 1.29 is 13.9 Å². The molecule has 0 spiro atoms. The monoisotopic (exact) mass is 417 g/mol. The Balaban J connectivity index is 1.47. The van der Waals surface area contributed by atoms with Crippen LogP contribution >= 0.6 is 0 Å². The molecule has 1 aromatic carbocycles. The summed E-state index contributed by atoms with van der Waals surface area (Å²) in [5.41, 5.74) is 4.86. The van der Waals surface area contributed by atoms with Crippen LogP contribution in [0.1, 0.15) is 22.5 Å². The maximum atomic E-state index is 13.9. The van der Waals surface area contributed by atoms with Crippen LogP contribution in [0.5, 0.6) is 5.75 Å². The quantitative estimate of drug-likeness (QED) is 0.525. The summed E-state index contributed by atoms with van der Waals surface area (Å²) in [7, 11) is 1.57. The summed E-state index contributed by atoms with van der Waals surface area (Å²) in [5.74, 6) is 0.235. The number of nitrogens with zero attached hydrogens (tertiary/aromatic N) is 3. The Labute approximate surface area is 177 Å². The number of rotatable bonds is 4. The van der Waals surface area contributed by atoms with E-state index in [2.05, 4.69) is 26.2 Å². The first-order chi connectivity index (χ1) is 15.1. The molecule has 0 atom stereocenters. The molecular weight excluding hydrogens is 397 g/mol. The molecule has 4 aromatic rings. The number of ether oxygens (including phenoxy) is 1. The van der Waals surface area contributed by atoms with Crippen LogP contribution in [0.15, 0.2) is 55.0 Å². The summed E-state index contributed by atoms with van der Waals surface area (Å²) in [5, 5.41) is 7.40. The number of benzene rings is 1. The number of H-pyrrole nitrogens is 2. The van der Waals surface area contributed by atoms with E-state index < -0.39 is 0 Å². The van der Waals surface area contributed by atoms with Crippen molar-refractivity contribution in [1.82, 2.24) is 25.1 Å². The summed E-state index contributed by atoms with van der Waals surface area (Å²) < 4.78 is 19.4. The molecule has 0 unspecified atom stereocenters. The second-order valence-electron chi connectivity index (χ2n) is 7.37. The van der Waals surface area contributed by atoms with Gasteiger partial charge in [-0.3, -0.25) is 9.89 Å². The molecule has 31 heavy (non-hydrogen) atoms. The first kappa shape index (κ1) is 19.0. The number of methoxy groups -OCH3 is 1. The van der Waals surface area contributed by atoms with Crippen molar-refractivity contribution in [2.24, 2.45) is 0 Å². The molecule has 0 aliphatic carbocycles. The van der Waals surface area contributed by atoms with Crippen molar-refractivity contribution in [3.63, 3.8) is 0 Å². The zero-order valence-corrected chi connectivity index (χ0v) is 16.9. The first-order valence-electron chi connectivity index (χ1n) is 9.93. The number of nitrogens with one attached hydrogen (secondary N) is 2. The second-order valence-corrected chi connectivity index (χ2v) is 7.37. The third kappa shape index (κ3) is 3.46. The van der Waals surface area contributed by atoms with E-state index in [4.69, 9.17) is 4.74 Å². The Hall–Kier alpha value is -3.94. The van der Waals surface area contributed by atoms with E-state index in [1.54, 1.807) is 30.5 Å². The van der Waals surface area contributed by atoms with E-state index in [1.165, 1.54) is 18.3 Å². The highest BCUT2D eigenvalue weighted by Crippen LogP contribution is 2.36.